The Bertz CT molecular complexity index is 1250. The first-order chi connectivity index (χ1) is 15.9. The Morgan fingerprint density at radius 3 is 2.64 bits per heavy atom. The van der Waals surface area contributed by atoms with Crippen molar-refractivity contribution in [3.63, 3.8) is 0 Å². The van der Waals surface area contributed by atoms with Gasteiger partial charge in [-0.2, -0.15) is 9.57 Å². The van der Waals surface area contributed by atoms with Crippen molar-refractivity contribution in [2.75, 3.05) is 17.2 Å². The largest absolute Gasteiger partial charge is 0.364 e. The first-order valence-electron chi connectivity index (χ1n) is 11.2. The van der Waals surface area contributed by atoms with E-state index < -0.39 is 10.0 Å². The van der Waals surface area contributed by atoms with Gasteiger partial charge in [-0.3, -0.25) is 0 Å². The second-order valence-corrected chi connectivity index (χ2v) is 10.6. The molecule has 0 N–H and O–H groups in total. The summed E-state index contributed by atoms with van der Waals surface area (Å²) in [5, 5.41) is 9.47. The summed E-state index contributed by atoms with van der Waals surface area (Å²) in [5.41, 5.74) is 4.48. The predicted octanol–water partition coefficient (Wildman–Crippen LogP) is 3.47. The van der Waals surface area contributed by atoms with E-state index in [-0.39, 0.29) is 18.3 Å². The van der Waals surface area contributed by atoms with Crippen LogP contribution in [0.3, 0.4) is 0 Å². The lowest BCUT2D eigenvalue weighted by atomic mass is 10.1. The molecule has 2 aromatic carbocycles. The number of imidazole rings is 1. The predicted molar refractivity (Wildman–Crippen MR) is 129 cm³/mol. The van der Waals surface area contributed by atoms with Crippen LogP contribution in [0.4, 0.5) is 5.69 Å². The van der Waals surface area contributed by atoms with Crippen molar-refractivity contribution in [3.05, 3.63) is 83.4 Å². The number of nitriles is 1. The van der Waals surface area contributed by atoms with Crippen molar-refractivity contribution in [1.82, 2.24) is 13.9 Å². The molecule has 0 saturated carbocycles. The number of anilines is 1. The van der Waals surface area contributed by atoms with E-state index in [1.807, 2.05) is 67.2 Å². The molecule has 0 fully saturated rings. The first kappa shape index (κ1) is 23.0. The maximum absolute atomic E-state index is 13.4. The van der Waals surface area contributed by atoms with E-state index in [1.165, 1.54) is 0 Å². The molecule has 7 nitrogen and oxygen atoms in total. The standard InChI is InChI=1S/C25H29N5O2S/c1-3-11-33(31,32)30-16-22-12-21(14-26)9-10-25(22)29(18-24-15-27-19-28(24)2)17-23(30)13-20-7-5-4-6-8-20/h4-10,12,15,19,23H,3,11,13,16-18H2,1-2H3/t23-/m1/s1. The average molecular weight is 464 g/mol. The van der Waals surface area contributed by atoms with Gasteiger partial charge in [0, 0.05) is 38.1 Å². The Labute approximate surface area is 196 Å². The van der Waals surface area contributed by atoms with Gasteiger partial charge in [0.05, 0.1) is 36.0 Å². The molecule has 3 aromatic rings. The number of sulfonamides is 1. The molecule has 0 unspecified atom stereocenters. The van der Waals surface area contributed by atoms with Crippen molar-refractivity contribution in [2.24, 2.45) is 7.05 Å². The highest BCUT2D eigenvalue weighted by molar-refractivity contribution is 7.89. The quantitative estimate of drug-likeness (QED) is 0.536. The second kappa shape index (κ2) is 9.77. The molecule has 1 aliphatic rings. The normalized spacial score (nSPS) is 16.8. The monoisotopic (exact) mass is 463 g/mol. The molecule has 2 heterocycles. The van der Waals surface area contributed by atoms with Crippen molar-refractivity contribution in [2.45, 2.75) is 38.9 Å². The Balaban J connectivity index is 1.80. The van der Waals surface area contributed by atoms with E-state index in [4.69, 9.17) is 0 Å². The molecule has 1 aromatic heterocycles. The highest BCUT2D eigenvalue weighted by Crippen LogP contribution is 2.32. The third-order valence-corrected chi connectivity index (χ3v) is 8.18. The van der Waals surface area contributed by atoms with Gasteiger partial charge < -0.3 is 9.47 Å². The number of nitrogens with zero attached hydrogens (tertiary/aromatic N) is 5. The number of benzene rings is 2. The van der Waals surface area contributed by atoms with Crippen LogP contribution in [0.2, 0.25) is 0 Å². The minimum absolute atomic E-state index is 0.104. The molecular weight excluding hydrogens is 434 g/mol. The number of aromatic nitrogens is 2. The Kier molecular flexibility index (Phi) is 6.82. The van der Waals surface area contributed by atoms with Crippen molar-refractivity contribution < 1.29 is 8.42 Å². The fourth-order valence-corrected chi connectivity index (χ4v) is 6.15. The fraction of sp³-hybridized carbons (Fsp3) is 0.360. The Morgan fingerprint density at radius 2 is 1.97 bits per heavy atom. The first-order valence-corrected chi connectivity index (χ1v) is 12.8. The Hall–Kier alpha value is -3.15. The van der Waals surface area contributed by atoms with Gasteiger partial charge >= 0.3 is 0 Å². The minimum Gasteiger partial charge on any atom is -0.364 e. The van der Waals surface area contributed by atoms with Gasteiger partial charge in [-0.25, -0.2) is 13.4 Å². The van der Waals surface area contributed by atoms with Gasteiger partial charge in [0.2, 0.25) is 10.0 Å². The van der Waals surface area contributed by atoms with E-state index >= 15 is 0 Å². The molecule has 4 rings (SSSR count). The maximum Gasteiger partial charge on any atom is 0.214 e. The van der Waals surface area contributed by atoms with Gasteiger partial charge in [0.15, 0.2) is 0 Å². The smallest absolute Gasteiger partial charge is 0.214 e. The molecule has 0 amide bonds. The zero-order valence-electron chi connectivity index (χ0n) is 19.1. The van der Waals surface area contributed by atoms with Crippen LogP contribution in [0, 0.1) is 11.3 Å². The summed E-state index contributed by atoms with van der Waals surface area (Å²) < 4.78 is 30.5. The minimum atomic E-state index is -3.48. The second-order valence-electron chi connectivity index (χ2n) is 8.54. The van der Waals surface area contributed by atoms with E-state index in [0.717, 1.165) is 22.5 Å². The van der Waals surface area contributed by atoms with E-state index in [1.54, 1.807) is 16.7 Å². The molecule has 8 heteroatoms. The fourth-order valence-electron chi connectivity index (χ4n) is 4.47. The lowest BCUT2D eigenvalue weighted by molar-refractivity contribution is 0.317. The van der Waals surface area contributed by atoms with Gasteiger partial charge in [-0.1, -0.05) is 37.3 Å². The molecule has 0 spiro atoms. The molecule has 0 bridgehead atoms. The summed E-state index contributed by atoms with van der Waals surface area (Å²) in [6, 6.07) is 17.6. The SMILES string of the molecule is CCCS(=O)(=O)N1Cc2cc(C#N)ccc2N(Cc2cncn2C)C[C@H]1Cc1ccccc1. The third-order valence-electron chi connectivity index (χ3n) is 6.12. The van der Waals surface area contributed by atoms with E-state index in [0.29, 0.717) is 31.5 Å². The zero-order chi connectivity index (χ0) is 23.4. The molecule has 1 atom stereocenters. The highest BCUT2D eigenvalue weighted by Gasteiger charge is 2.35. The lowest BCUT2D eigenvalue weighted by Crippen LogP contribution is -2.46. The van der Waals surface area contributed by atoms with Crippen LogP contribution in [0.25, 0.3) is 0 Å². The number of hydrogen-bond donors (Lipinski definition) is 0. The van der Waals surface area contributed by atoms with Gasteiger partial charge in [0.25, 0.3) is 0 Å². The summed E-state index contributed by atoms with van der Waals surface area (Å²) in [4.78, 5) is 6.47. The van der Waals surface area contributed by atoms with Crippen LogP contribution in [0.1, 0.15) is 35.7 Å². The van der Waals surface area contributed by atoms with Crippen molar-refractivity contribution in [3.8, 4) is 6.07 Å². The molecule has 0 radical (unpaired) electrons. The van der Waals surface area contributed by atoms with Gasteiger partial charge in [-0.05, 0) is 42.2 Å². The Morgan fingerprint density at radius 1 is 1.18 bits per heavy atom. The van der Waals surface area contributed by atoms with Crippen LogP contribution in [-0.4, -0.2) is 40.6 Å². The number of fused-ring (bicyclic) bond motifs is 1. The van der Waals surface area contributed by atoms with Crippen LogP contribution in [-0.2, 0) is 36.6 Å². The van der Waals surface area contributed by atoms with Crippen LogP contribution in [0.15, 0.2) is 61.1 Å². The number of rotatable bonds is 7. The molecule has 1 aliphatic heterocycles. The third kappa shape index (κ3) is 5.10. The van der Waals surface area contributed by atoms with Crippen LogP contribution in [0.5, 0.6) is 0 Å². The van der Waals surface area contributed by atoms with Gasteiger partial charge in [0.1, 0.15) is 0 Å². The summed E-state index contributed by atoms with van der Waals surface area (Å²) >= 11 is 0. The van der Waals surface area contributed by atoms with E-state index in [9.17, 15) is 13.7 Å². The summed E-state index contributed by atoms with van der Waals surface area (Å²) in [6.07, 6.45) is 4.78. The average Bonchev–Trinajstić information content (AvgIpc) is 3.13. The summed E-state index contributed by atoms with van der Waals surface area (Å²) in [5.74, 6) is 0.104. The molecule has 0 aliphatic carbocycles. The molecular formula is C25H29N5O2S. The maximum atomic E-state index is 13.4. The lowest BCUT2D eigenvalue weighted by Gasteiger charge is -2.32. The number of aryl methyl sites for hydroxylation is 1. The zero-order valence-corrected chi connectivity index (χ0v) is 19.9. The van der Waals surface area contributed by atoms with Crippen molar-refractivity contribution in [1.29, 1.82) is 5.26 Å². The van der Waals surface area contributed by atoms with E-state index in [2.05, 4.69) is 16.0 Å². The highest BCUT2D eigenvalue weighted by atomic mass is 32.2. The molecule has 33 heavy (non-hydrogen) atoms. The van der Waals surface area contributed by atoms with Gasteiger partial charge in [-0.15, -0.1) is 0 Å². The topological polar surface area (TPSA) is 82.2 Å². The molecule has 172 valence electrons. The number of hydrogen-bond acceptors (Lipinski definition) is 5. The summed E-state index contributed by atoms with van der Waals surface area (Å²) in [6.45, 7) is 3.29. The van der Waals surface area contributed by atoms with Crippen molar-refractivity contribution >= 4 is 15.7 Å². The summed E-state index contributed by atoms with van der Waals surface area (Å²) in [7, 11) is -1.52. The van der Waals surface area contributed by atoms with Crippen LogP contribution < -0.4 is 4.90 Å². The molecule has 0 saturated heterocycles. The van der Waals surface area contributed by atoms with Crippen LogP contribution >= 0.6 is 0 Å².